The molecule has 0 spiro atoms. The molecule has 140 valence electrons. The smallest absolute Gasteiger partial charge is 0.236 e. The third-order valence-electron chi connectivity index (χ3n) is 5.88. The largest absolute Gasteiger partial charge is 0.373 e. The molecule has 2 aromatic rings. The minimum Gasteiger partial charge on any atom is -0.373 e. The molecule has 3 heterocycles. The summed E-state index contributed by atoms with van der Waals surface area (Å²) in [5.41, 5.74) is 2.63. The number of benzene rings is 2. The van der Waals surface area contributed by atoms with E-state index in [1.165, 1.54) is 16.0 Å². The van der Waals surface area contributed by atoms with Crippen LogP contribution in [-0.4, -0.2) is 59.3 Å². The number of morpholine rings is 1. The number of ether oxygens (including phenoxy) is 1. The quantitative estimate of drug-likeness (QED) is 0.820. The molecule has 0 aliphatic carbocycles. The molecular weight excluding hydrogens is 356 g/mol. The number of amides is 1. The van der Waals surface area contributed by atoms with Gasteiger partial charge in [0.15, 0.2) is 0 Å². The lowest BCUT2D eigenvalue weighted by Gasteiger charge is -2.36. The number of carbonyl (C=O) groups excluding carboxylic acids is 1. The highest BCUT2D eigenvalue weighted by atomic mass is 32.2. The predicted octanol–water partition coefficient (Wildman–Crippen LogP) is 2.82. The first-order chi connectivity index (χ1) is 13.3. The second kappa shape index (κ2) is 7.30. The molecule has 0 radical (unpaired) electrons. The van der Waals surface area contributed by atoms with Crippen LogP contribution in [0.4, 0.5) is 0 Å². The van der Waals surface area contributed by atoms with Crippen LogP contribution in [0.5, 0.6) is 0 Å². The van der Waals surface area contributed by atoms with E-state index in [-0.39, 0.29) is 17.3 Å². The van der Waals surface area contributed by atoms with Gasteiger partial charge in [0, 0.05) is 31.1 Å². The number of rotatable bonds is 3. The zero-order chi connectivity index (χ0) is 18.2. The van der Waals surface area contributed by atoms with Crippen molar-refractivity contribution >= 4 is 17.7 Å². The predicted molar refractivity (Wildman–Crippen MR) is 107 cm³/mol. The Morgan fingerprint density at radius 1 is 1.07 bits per heavy atom. The number of hydrogen-bond donors (Lipinski definition) is 0. The monoisotopic (exact) mass is 380 g/mol. The molecule has 1 amide bonds. The minimum absolute atomic E-state index is 0.0186. The number of likely N-dealkylation sites (tertiary alicyclic amines) is 1. The Kier molecular flexibility index (Phi) is 4.68. The molecule has 4 nitrogen and oxygen atoms in total. The average Bonchev–Trinajstić information content (AvgIpc) is 3.33. The fourth-order valence-electron chi connectivity index (χ4n) is 4.48. The summed E-state index contributed by atoms with van der Waals surface area (Å²) in [5.74, 6) is 0.272. The summed E-state index contributed by atoms with van der Waals surface area (Å²) in [6, 6.07) is 19.3. The van der Waals surface area contributed by atoms with Gasteiger partial charge in [-0.1, -0.05) is 48.5 Å². The number of thioether (sulfide) groups is 1. The maximum absolute atomic E-state index is 13.2. The van der Waals surface area contributed by atoms with E-state index < -0.39 is 0 Å². The first-order valence-electron chi connectivity index (χ1n) is 9.71. The summed E-state index contributed by atoms with van der Waals surface area (Å²) in [4.78, 5) is 19.0. The van der Waals surface area contributed by atoms with Crippen LogP contribution >= 0.6 is 11.8 Å². The van der Waals surface area contributed by atoms with Crippen molar-refractivity contribution in [2.24, 2.45) is 0 Å². The van der Waals surface area contributed by atoms with Gasteiger partial charge in [-0.3, -0.25) is 9.69 Å². The standard InChI is InChI=1S/C22H24N2O2S/c25-22(21-12-17-8-4-5-9-20(17)27-21)24-14-18-19(15-24)26-11-10-23(18)13-16-6-2-1-3-7-16/h1-9,18-19,21H,10-15H2/t18-,19-,21-/m0/s1. The molecular formula is C22H24N2O2S. The van der Waals surface area contributed by atoms with E-state index in [4.69, 9.17) is 4.74 Å². The van der Waals surface area contributed by atoms with Gasteiger partial charge in [-0.15, -0.1) is 11.8 Å². The Labute approximate surface area is 164 Å². The first-order valence-corrected chi connectivity index (χ1v) is 10.6. The fraction of sp³-hybridized carbons (Fsp3) is 0.409. The highest BCUT2D eigenvalue weighted by Gasteiger charge is 2.43. The van der Waals surface area contributed by atoms with Gasteiger partial charge in [0.25, 0.3) is 0 Å². The molecule has 3 aliphatic rings. The lowest BCUT2D eigenvalue weighted by atomic mass is 10.1. The molecule has 0 aromatic heterocycles. The van der Waals surface area contributed by atoms with Crippen LogP contribution in [0.2, 0.25) is 0 Å². The molecule has 0 N–H and O–H groups in total. The number of hydrogen-bond acceptors (Lipinski definition) is 4. The van der Waals surface area contributed by atoms with Gasteiger partial charge in [0.05, 0.1) is 24.0 Å². The van der Waals surface area contributed by atoms with Crippen molar-refractivity contribution in [3.8, 4) is 0 Å². The zero-order valence-corrected chi connectivity index (χ0v) is 16.1. The third kappa shape index (κ3) is 3.40. The molecule has 3 atom stereocenters. The molecule has 5 heteroatoms. The number of carbonyl (C=O) groups is 1. The molecule has 2 saturated heterocycles. The SMILES string of the molecule is O=C([C@@H]1Cc2ccccc2S1)N1C[C@@H]2OCCN(Cc3ccccc3)[C@H]2C1. The Hall–Kier alpha value is -1.82. The fourth-order valence-corrected chi connectivity index (χ4v) is 5.76. The van der Waals surface area contributed by atoms with Crippen molar-refractivity contribution in [1.29, 1.82) is 0 Å². The first kappa shape index (κ1) is 17.3. The van der Waals surface area contributed by atoms with Crippen molar-refractivity contribution < 1.29 is 9.53 Å². The summed E-state index contributed by atoms with van der Waals surface area (Å²) >= 11 is 1.72. The normalized spacial score (nSPS) is 27.4. The summed E-state index contributed by atoms with van der Waals surface area (Å²) < 4.78 is 6.03. The van der Waals surface area contributed by atoms with E-state index >= 15 is 0 Å². The van der Waals surface area contributed by atoms with E-state index in [9.17, 15) is 4.79 Å². The molecule has 0 saturated carbocycles. The van der Waals surface area contributed by atoms with Gasteiger partial charge in [0.2, 0.25) is 5.91 Å². The summed E-state index contributed by atoms with van der Waals surface area (Å²) in [6.07, 6.45) is 0.986. The summed E-state index contributed by atoms with van der Waals surface area (Å²) in [5, 5.41) is 0.0186. The highest BCUT2D eigenvalue weighted by molar-refractivity contribution is 8.01. The van der Waals surface area contributed by atoms with Crippen LogP contribution in [0.15, 0.2) is 59.5 Å². The van der Waals surface area contributed by atoms with E-state index in [0.29, 0.717) is 6.04 Å². The molecule has 5 rings (SSSR count). The molecule has 2 fully saturated rings. The van der Waals surface area contributed by atoms with Crippen molar-refractivity contribution in [3.63, 3.8) is 0 Å². The Bertz CT molecular complexity index is 803. The highest BCUT2D eigenvalue weighted by Crippen LogP contribution is 2.38. The Balaban J connectivity index is 1.26. The van der Waals surface area contributed by atoms with Gasteiger partial charge < -0.3 is 9.64 Å². The van der Waals surface area contributed by atoms with E-state index in [1.807, 2.05) is 4.90 Å². The van der Waals surface area contributed by atoms with Crippen LogP contribution < -0.4 is 0 Å². The summed E-state index contributed by atoms with van der Waals surface area (Å²) in [7, 11) is 0. The summed E-state index contributed by atoms with van der Waals surface area (Å²) in [6.45, 7) is 4.12. The molecule has 3 aliphatic heterocycles. The van der Waals surface area contributed by atoms with Crippen molar-refractivity contribution in [2.75, 3.05) is 26.2 Å². The molecule has 0 unspecified atom stereocenters. The Morgan fingerprint density at radius 3 is 2.74 bits per heavy atom. The van der Waals surface area contributed by atoms with E-state index in [1.54, 1.807) is 11.8 Å². The third-order valence-corrected chi connectivity index (χ3v) is 7.18. The van der Waals surface area contributed by atoms with Crippen LogP contribution in [0, 0.1) is 0 Å². The van der Waals surface area contributed by atoms with Gasteiger partial charge in [0.1, 0.15) is 0 Å². The molecule has 0 bridgehead atoms. The van der Waals surface area contributed by atoms with Gasteiger partial charge >= 0.3 is 0 Å². The number of fused-ring (bicyclic) bond motifs is 2. The zero-order valence-electron chi connectivity index (χ0n) is 15.3. The van der Waals surface area contributed by atoms with Crippen LogP contribution in [0.1, 0.15) is 11.1 Å². The van der Waals surface area contributed by atoms with Crippen LogP contribution in [0.3, 0.4) is 0 Å². The second-order valence-corrected chi connectivity index (χ2v) is 8.84. The Morgan fingerprint density at radius 2 is 1.89 bits per heavy atom. The van der Waals surface area contributed by atoms with Gasteiger partial charge in [-0.2, -0.15) is 0 Å². The lowest BCUT2D eigenvalue weighted by Crippen LogP contribution is -2.50. The van der Waals surface area contributed by atoms with Crippen molar-refractivity contribution in [3.05, 3.63) is 65.7 Å². The number of nitrogens with zero attached hydrogens (tertiary/aromatic N) is 2. The van der Waals surface area contributed by atoms with Crippen LogP contribution in [-0.2, 0) is 22.5 Å². The maximum Gasteiger partial charge on any atom is 0.236 e. The van der Waals surface area contributed by atoms with Gasteiger partial charge in [-0.05, 0) is 23.6 Å². The van der Waals surface area contributed by atoms with Crippen molar-refractivity contribution in [2.45, 2.75) is 35.3 Å². The van der Waals surface area contributed by atoms with E-state index in [2.05, 4.69) is 59.5 Å². The lowest BCUT2D eigenvalue weighted by molar-refractivity contribution is -0.130. The van der Waals surface area contributed by atoms with Crippen molar-refractivity contribution in [1.82, 2.24) is 9.80 Å². The minimum atomic E-state index is 0.0186. The second-order valence-electron chi connectivity index (χ2n) is 7.59. The topological polar surface area (TPSA) is 32.8 Å². The maximum atomic E-state index is 13.2. The average molecular weight is 381 g/mol. The van der Waals surface area contributed by atoms with E-state index in [0.717, 1.165) is 39.2 Å². The van der Waals surface area contributed by atoms with Crippen LogP contribution in [0.25, 0.3) is 0 Å². The molecule has 2 aromatic carbocycles. The van der Waals surface area contributed by atoms with Gasteiger partial charge in [-0.25, -0.2) is 0 Å². The molecule has 27 heavy (non-hydrogen) atoms.